The summed E-state index contributed by atoms with van der Waals surface area (Å²) in [7, 11) is 0. The molecule has 2 aliphatic heterocycles. The molecule has 0 spiro atoms. The first-order chi connectivity index (χ1) is 9.33. The van der Waals surface area contributed by atoms with Gasteiger partial charge < -0.3 is 10.1 Å². The maximum Gasteiger partial charge on any atom is 0.123 e. The van der Waals surface area contributed by atoms with Crippen LogP contribution in [0.1, 0.15) is 25.3 Å². The Morgan fingerprint density at radius 2 is 2.00 bits per heavy atom. The molecule has 0 bridgehead atoms. The number of hydrogen-bond donors (Lipinski definition) is 1. The Morgan fingerprint density at radius 1 is 1.25 bits per heavy atom. The van der Waals surface area contributed by atoms with Crippen molar-refractivity contribution in [2.75, 3.05) is 26.2 Å². The average molecular weight is 297 g/mol. The Hall–Kier alpha value is -0.770. The van der Waals surface area contributed by atoms with Gasteiger partial charge in [0.05, 0.1) is 0 Å². The van der Waals surface area contributed by atoms with Crippen LogP contribution in [-0.2, 0) is 6.54 Å². The zero-order chi connectivity index (χ0) is 13.1. The molecule has 0 amide bonds. The second-order valence-corrected chi connectivity index (χ2v) is 5.89. The molecule has 2 aliphatic rings. The number of para-hydroxylation sites is 1. The number of nitrogens with zero attached hydrogens (tertiary/aromatic N) is 1. The fourth-order valence-corrected chi connectivity index (χ4v) is 3.11. The van der Waals surface area contributed by atoms with E-state index in [9.17, 15) is 0 Å². The number of piperidine rings is 1. The van der Waals surface area contributed by atoms with Gasteiger partial charge >= 0.3 is 0 Å². The number of nitrogens with one attached hydrogen (secondary N) is 1. The van der Waals surface area contributed by atoms with Gasteiger partial charge in [0.2, 0.25) is 0 Å². The summed E-state index contributed by atoms with van der Waals surface area (Å²) >= 11 is 0. The van der Waals surface area contributed by atoms with E-state index in [1.54, 1.807) is 0 Å². The fourth-order valence-electron chi connectivity index (χ4n) is 3.11. The van der Waals surface area contributed by atoms with E-state index in [-0.39, 0.29) is 12.4 Å². The highest BCUT2D eigenvalue weighted by Crippen LogP contribution is 2.26. The van der Waals surface area contributed by atoms with E-state index in [1.807, 2.05) is 0 Å². The second kappa shape index (κ2) is 7.30. The van der Waals surface area contributed by atoms with Crippen LogP contribution in [0.3, 0.4) is 0 Å². The van der Waals surface area contributed by atoms with Gasteiger partial charge in [0.25, 0.3) is 0 Å². The topological polar surface area (TPSA) is 24.5 Å². The number of benzene rings is 1. The zero-order valence-corrected chi connectivity index (χ0v) is 13.0. The molecule has 1 N–H and O–H groups in total. The van der Waals surface area contributed by atoms with Gasteiger partial charge in [0.1, 0.15) is 12.4 Å². The van der Waals surface area contributed by atoms with Crippen LogP contribution in [0.25, 0.3) is 0 Å². The molecule has 3 rings (SSSR count). The highest BCUT2D eigenvalue weighted by atomic mass is 35.5. The van der Waals surface area contributed by atoms with E-state index in [0.29, 0.717) is 6.04 Å². The van der Waals surface area contributed by atoms with Crippen LogP contribution >= 0.6 is 12.4 Å². The van der Waals surface area contributed by atoms with Crippen LogP contribution in [0, 0.1) is 5.92 Å². The highest BCUT2D eigenvalue weighted by Gasteiger charge is 2.24. The molecule has 20 heavy (non-hydrogen) atoms. The Kier molecular flexibility index (Phi) is 5.70. The number of hydrogen-bond acceptors (Lipinski definition) is 3. The Bertz CT molecular complexity index is 421. The third kappa shape index (κ3) is 3.66. The van der Waals surface area contributed by atoms with E-state index in [4.69, 9.17) is 4.74 Å². The minimum atomic E-state index is 0. The summed E-state index contributed by atoms with van der Waals surface area (Å²) in [5.74, 6) is 1.91. The van der Waals surface area contributed by atoms with Crippen molar-refractivity contribution in [1.82, 2.24) is 10.2 Å². The molecule has 1 saturated heterocycles. The van der Waals surface area contributed by atoms with Gasteiger partial charge in [-0.1, -0.05) is 18.2 Å². The van der Waals surface area contributed by atoms with E-state index >= 15 is 0 Å². The van der Waals surface area contributed by atoms with Crippen molar-refractivity contribution in [3.63, 3.8) is 0 Å². The lowest BCUT2D eigenvalue weighted by Gasteiger charge is -2.32. The van der Waals surface area contributed by atoms with Crippen LogP contribution in [0.15, 0.2) is 24.3 Å². The van der Waals surface area contributed by atoms with Crippen molar-refractivity contribution in [3.8, 4) is 5.75 Å². The normalized spacial score (nSPS) is 24.1. The lowest BCUT2D eigenvalue weighted by Crippen LogP contribution is -2.41. The first-order valence-electron chi connectivity index (χ1n) is 7.48. The van der Waals surface area contributed by atoms with Gasteiger partial charge in [-0.3, -0.25) is 4.90 Å². The number of ether oxygens (including phenoxy) is 1. The maximum atomic E-state index is 5.93. The van der Waals surface area contributed by atoms with Crippen LogP contribution in [-0.4, -0.2) is 37.2 Å². The zero-order valence-electron chi connectivity index (χ0n) is 12.2. The van der Waals surface area contributed by atoms with Crippen molar-refractivity contribution in [1.29, 1.82) is 0 Å². The van der Waals surface area contributed by atoms with E-state index in [1.165, 1.54) is 38.0 Å². The quantitative estimate of drug-likeness (QED) is 0.908. The third-order valence-corrected chi connectivity index (χ3v) is 4.40. The van der Waals surface area contributed by atoms with E-state index in [2.05, 4.69) is 41.4 Å². The summed E-state index contributed by atoms with van der Waals surface area (Å²) in [6.45, 7) is 7.69. The summed E-state index contributed by atoms with van der Waals surface area (Å²) in [5, 5.41) is 3.45. The Labute approximate surface area is 128 Å². The Balaban J connectivity index is 0.00000147. The van der Waals surface area contributed by atoms with Crippen molar-refractivity contribution in [2.24, 2.45) is 5.92 Å². The predicted octanol–water partition coefficient (Wildman–Crippen LogP) is 2.69. The van der Waals surface area contributed by atoms with Gasteiger partial charge in [-0.05, 0) is 44.8 Å². The SMILES string of the molecule is CC1COc2ccccc2CN1CC1CCNCC1.Cl. The minimum Gasteiger partial charge on any atom is -0.492 e. The molecular weight excluding hydrogens is 272 g/mol. The van der Waals surface area contributed by atoms with Gasteiger partial charge in [-0.15, -0.1) is 12.4 Å². The summed E-state index contributed by atoms with van der Waals surface area (Å²) in [6.07, 6.45) is 2.62. The monoisotopic (exact) mass is 296 g/mol. The Morgan fingerprint density at radius 3 is 2.80 bits per heavy atom. The molecule has 3 nitrogen and oxygen atoms in total. The van der Waals surface area contributed by atoms with E-state index < -0.39 is 0 Å². The van der Waals surface area contributed by atoms with Gasteiger partial charge in [-0.25, -0.2) is 0 Å². The van der Waals surface area contributed by atoms with Crippen LogP contribution in [0.2, 0.25) is 0 Å². The lowest BCUT2D eigenvalue weighted by atomic mass is 9.97. The molecule has 4 heteroatoms. The summed E-state index contributed by atoms with van der Waals surface area (Å²) in [5.41, 5.74) is 1.33. The lowest BCUT2D eigenvalue weighted by molar-refractivity contribution is 0.127. The maximum absolute atomic E-state index is 5.93. The average Bonchev–Trinajstić information content (AvgIpc) is 2.61. The molecule has 1 fully saturated rings. The fraction of sp³-hybridized carbons (Fsp3) is 0.625. The number of halogens is 1. The van der Waals surface area contributed by atoms with Crippen LogP contribution in [0.5, 0.6) is 5.75 Å². The smallest absolute Gasteiger partial charge is 0.123 e. The van der Waals surface area contributed by atoms with Gasteiger partial charge in [0.15, 0.2) is 0 Å². The molecule has 0 aliphatic carbocycles. The summed E-state index contributed by atoms with van der Waals surface area (Å²) in [4.78, 5) is 2.60. The van der Waals surface area contributed by atoms with Crippen LogP contribution < -0.4 is 10.1 Å². The molecule has 2 heterocycles. The summed E-state index contributed by atoms with van der Waals surface area (Å²) < 4.78 is 5.93. The first-order valence-corrected chi connectivity index (χ1v) is 7.48. The number of fused-ring (bicyclic) bond motifs is 1. The molecule has 1 aromatic rings. The van der Waals surface area contributed by atoms with Crippen LogP contribution in [0.4, 0.5) is 0 Å². The van der Waals surface area contributed by atoms with Crippen molar-refractivity contribution >= 4 is 12.4 Å². The number of rotatable bonds is 2. The first kappa shape index (κ1) is 15.6. The van der Waals surface area contributed by atoms with E-state index in [0.717, 1.165) is 24.8 Å². The molecule has 0 aromatic heterocycles. The summed E-state index contributed by atoms with van der Waals surface area (Å²) in [6, 6.07) is 8.97. The molecular formula is C16H25ClN2O. The van der Waals surface area contributed by atoms with Gasteiger partial charge in [0, 0.05) is 24.7 Å². The minimum absolute atomic E-state index is 0. The predicted molar refractivity (Wildman–Crippen MR) is 84.7 cm³/mol. The highest BCUT2D eigenvalue weighted by molar-refractivity contribution is 5.85. The van der Waals surface area contributed by atoms with Crippen molar-refractivity contribution in [2.45, 2.75) is 32.4 Å². The molecule has 1 aromatic carbocycles. The second-order valence-electron chi connectivity index (χ2n) is 5.89. The molecule has 0 radical (unpaired) electrons. The standard InChI is InChI=1S/C16H24N2O.ClH/c1-13-12-19-16-5-3-2-4-15(16)11-18(13)10-14-6-8-17-9-7-14;/h2-5,13-14,17H,6-12H2,1H3;1H. The molecule has 1 atom stereocenters. The van der Waals surface area contributed by atoms with Crippen molar-refractivity contribution < 1.29 is 4.74 Å². The molecule has 1 unspecified atom stereocenters. The molecule has 112 valence electrons. The van der Waals surface area contributed by atoms with Crippen molar-refractivity contribution in [3.05, 3.63) is 29.8 Å². The van der Waals surface area contributed by atoms with Gasteiger partial charge in [-0.2, -0.15) is 0 Å². The third-order valence-electron chi connectivity index (χ3n) is 4.40. The molecule has 0 saturated carbocycles. The largest absolute Gasteiger partial charge is 0.492 e.